The first-order valence-electron chi connectivity index (χ1n) is 7.60. The Kier molecular flexibility index (Phi) is 4.37. The summed E-state index contributed by atoms with van der Waals surface area (Å²) in [6.07, 6.45) is 5.26. The lowest BCUT2D eigenvalue weighted by molar-refractivity contribution is -0.120. The average Bonchev–Trinajstić information content (AvgIpc) is 3.11. The van der Waals surface area contributed by atoms with E-state index in [4.69, 9.17) is 4.74 Å². The normalized spacial score (nSPS) is 14.6. The van der Waals surface area contributed by atoms with Crippen LogP contribution in [0.1, 0.15) is 13.0 Å². The van der Waals surface area contributed by atoms with Crippen molar-refractivity contribution >= 4 is 23.3 Å². The highest BCUT2D eigenvalue weighted by Crippen LogP contribution is 2.33. The number of fused-ring (bicyclic) bond motifs is 1. The van der Waals surface area contributed by atoms with Crippen LogP contribution in [0, 0.1) is 0 Å². The molecule has 8 heteroatoms. The first-order chi connectivity index (χ1) is 11.5. The molecule has 0 fully saturated rings. The van der Waals surface area contributed by atoms with Gasteiger partial charge >= 0.3 is 6.03 Å². The van der Waals surface area contributed by atoms with Crippen LogP contribution >= 0.6 is 0 Å². The Bertz CT molecular complexity index is 744. The molecule has 0 aliphatic carbocycles. The van der Waals surface area contributed by atoms with Gasteiger partial charge in [0.1, 0.15) is 5.75 Å². The van der Waals surface area contributed by atoms with Gasteiger partial charge in [-0.05, 0) is 19.1 Å². The third-order valence-corrected chi connectivity index (χ3v) is 3.90. The van der Waals surface area contributed by atoms with Gasteiger partial charge in [0.2, 0.25) is 0 Å². The minimum absolute atomic E-state index is 0.00156. The summed E-state index contributed by atoms with van der Waals surface area (Å²) >= 11 is 0. The number of likely N-dealkylation sites (N-methyl/N-ethyl adjacent to an activating group) is 1. The summed E-state index contributed by atoms with van der Waals surface area (Å²) in [6, 6.07) is 4.98. The minimum atomic E-state index is -0.304. The van der Waals surface area contributed by atoms with E-state index in [-0.39, 0.29) is 24.6 Å². The van der Waals surface area contributed by atoms with E-state index in [1.807, 2.05) is 17.7 Å². The van der Waals surface area contributed by atoms with Crippen LogP contribution in [0.5, 0.6) is 5.75 Å². The molecule has 24 heavy (non-hydrogen) atoms. The van der Waals surface area contributed by atoms with Crippen LogP contribution in [0.4, 0.5) is 16.2 Å². The zero-order valence-corrected chi connectivity index (χ0v) is 13.5. The Morgan fingerprint density at radius 1 is 1.46 bits per heavy atom. The molecule has 0 saturated carbocycles. The number of urea groups is 1. The Morgan fingerprint density at radius 3 is 3.04 bits per heavy atom. The average molecular weight is 329 g/mol. The minimum Gasteiger partial charge on any atom is -0.481 e. The van der Waals surface area contributed by atoms with Crippen molar-refractivity contribution in [2.24, 2.45) is 0 Å². The molecular formula is C16H19N5O3. The zero-order valence-electron chi connectivity index (χ0n) is 13.5. The maximum Gasteiger partial charge on any atom is 0.319 e. The number of ether oxygens (including phenoxy) is 1. The molecule has 3 amide bonds. The van der Waals surface area contributed by atoms with Gasteiger partial charge in [-0.15, -0.1) is 0 Å². The van der Waals surface area contributed by atoms with Crippen LogP contribution in [0.2, 0.25) is 0 Å². The highest BCUT2D eigenvalue weighted by Gasteiger charge is 2.22. The number of nitrogens with zero attached hydrogens (tertiary/aromatic N) is 3. The second-order valence-electron chi connectivity index (χ2n) is 5.62. The van der Waals surface area contributed by atoms with Gasteiger partial charge in [0, 0.05) is 43.8 Å². The molecule has 1 atom stereocenters. The lowest BCUT2D eigenvalue weighted by Crippen LogP contribution is -2.35. The molecule has 2 aromatic rings. The molecule has 0 bridgehead atoms. The summed E-state index contributed by atoms with van der Waals surface area (Å²) in [5.74, 6) is 0.469. The van der Waals surface area contributed by atoms with E-state index in [0.29, 0.717) is 23.7 Å². The predicted molar refractivity (Wildman–Crippen MR) is 89.3 cm³/mol. The lowest BCUT2D eigenvalue weighted by Gasteiger charge is -2.26. The van der Waals surface area contributed by atoms with Gasteiger partial charge in [-0.1, -0.05) is 0 Å². The molecule has 126 valence electrons. The Labute approximate surface area is 139 Å². The Balaban J connectivity index is 1.58. The van der Waals surface area contributed by atoms with Crippen molar-refractivity contribution in [2.75, 3.05) is 30.4 Å². The fourth-order valence-corrected chi connectivity index (χ4v) is 2.41. The van der Waals surface area contributed by atoms with Gasteiger partial charge in [0.15, 0.2) is 6.61 Å². The number of benzene rings is 1. The zero-order chi connectivity index (χ0) is 17.1. The molecule has 2 heterocycles. The molecule has 1 aliphatic heterocycles. The van der Waals surface area contributed by atoms with E-state index >= 15 is 0 Å². The van der Waals surface area contributed by atoms with Crippen molar-refractivity contribution < 1.29 is 14.3 Å². The van der Waals surface area contributed by atoms with Gasteiger partial charge in [-0.25, -0.2) is 9.78 Å². The number of rotatable bonds is 4. The highest BCUT2D eigenvalue weighted by molar-refractivity contribution is 5.98. The molecule has 0 spiro atoms. The summed E-state index contributed by atoms with van der Waals surface area (Å²) in [5, 5.41) is 5.57. The standard InChI is InChI=1S/C16H19N5O3/c1-11(21-6-5-17-10-21)8-18-16(23)19-12-3-4-13-14(7-12)24-9-15(22)20(13)2/h3-7,10-11H,8-9H2,1-2H3,(H2,18,19,23). The van der Waals surface area contributed by atoms with E-state index in [1.54, 1.807) is 37.8 Å². The third kappa shape index (κ3) is 3.32. The smallest absolute Gasteiger partial charge is 0.319 e. The monoisotopic (exact) mass is 329 g/mol. The maximum absolute atomic E-state index is 12.0. The van der Waals surface area contributed by atoms with Gasteiger partial charge in [-0.2, -0.15) is 0 Å². The van der Waals surface area contributed by atoms with Crippen LogP contribution in [-0.4, -0.2) is 41.7 Å². The third-order valence-electron chi connectivity index (χ3n) is 3.90. The number of anilines is 2. The Hall–Kier alpha value is -3.03. The summed E-state index contributed by atoms with van der Waals surface area (Å²) in [6.45, 7) is 2.46. The van der Waals surface area contributed by atoms with Gasteiger partial charge < -0.3 is 24.8 Å². The lowest BCUT2D eigenvalue weighted by atomic mass is 10.2. The molecule has 0 radical (unpaired) electrons. The molecule has 1 unspecified atom stereocenters. The van der Waals surface area contributed by atoms with Crippen molar-refractivity contribution in [1.29, 1.82) is 0 Å². The van der Waals surface area contributed by atoms with Crippen molar-refractivity contribution in [3.05, 3.63) is 36.9 Å². The van der Waals surface area contributed by atoms with Crippen LogP contribution in [0.3, 0.4) is 0 Å². The molecule has 2 N–H and O–H groups in total. The second kappa shape index (κ2) is 6.61. The fraction of sp³-hybridized carbons (Fsp3) is 0.312. The quantitative estimate of drug-likeness (QED) is 0.892. The summed E-state index contributed by atoms with van der Waals surface area (Å²) in [7, 11) is 1.70. The molecule has 1 aliphatic rings. The number of nitrogens with one attached hydrogen (secondary N) is 2. The maximum atomic E-state index is 12.0. The first kappa shape index (κ1) is 15.9. The van der Waals surface area contributed by atoms with Crippen LogP contribution in [0.15, 0.2) is 36.9 Å². The largest absolute Gasteiger partial charge is 0.481 e. The molecule has 8 nitrogen and oxygen atoms in total. The summed E-state index contributed by atoms with van der Waals surface area (Å²) in [5.41, 5.74) is 1.29. The predicted octanol–water partition coefficient (Wildman–Crippen LogP) is 1.62. The van der Waals surface area contributed by atoms with Crippen LogP contribution < -0.4 is 20.3 Å². The number of amides is 3. The summed E-state index contributed by atoms with van der Waals surface area (Å²) in [4.78, 5) is 29.1. The van der Waals surface area contributed by atoms with Gasteiger partial charge in [0.05, 0.1) is 12.0 Å². The molecule has 1 aromatic heterocycles. The number of aromatic nitrogens is 2. The number of imidazole rings is 1. The topological polar surface area (TPSA) is 88.5 Å². The molecular weight excluding hydrogens is 310 g/mol. The van der Waals surface area contributed by atoms with Crippen molar-refractivity contribution in [3.8, 4) is 5.75 Å². The second-order valence-corrected chi connectivity index (χ2v) is 5.62. The van der Waals surface area contributed by atoms with E-state index in [0.717, 1.165) is 0 Å². The molecule has 0 saturated heterocycles. The SMILES string of the molecule is CC(CNC(=O)Nc1ccc2c(c1)OCC(=O)N2C)n1ccnc1. The van der Waals surface area contributed by atoms with E-state index in [2.05, 4.69) is 15.6 Å². The molecule has 1 aromatic carbocycles. The van der Waals surface area contributed by atoms with Crippen LogP contribution in [0.25, 0.3) is 0 Å². The van der Waals surface area contributed by atoms with Crippen LogP contribution in [-0.2, 0) is 4.79 Å². The first-order valence-corrected chi connectivity index (χ1v) is 7.60. The van der Waals surface area contributed by atoms with Gasteiger partial charge in [0.25, 0.3) is 5.91 Å². The number of carbonyl (C=O) groups excluding carboxylic acids is 2. The van der Waals surface area contributed by atoms with E-state index in [9.17, 15) is 9.59 Å². The van der Waals surface area contributed by atoms with Crippen molar-refractivity contribution in [2.45, 2.75) is 13.0 Å². The van der Waals surface area contributed by atoms with E-state index in [1.165, 1.54) is 4.90 Å². The van der Waals surface area contributed by atoms with Crippen molar-refractivity contribution in [1.82, 2.24) is 14.9 Å². The molecule has 3 rings (SSSR count). The Morgan fingerprint density at radius 2 is 2.29 bits per heavy atom. The van der Waals surface area contributed by atoms with Crippen molar-refractivity contribution in [3.63, 3.8) is 0 Å². The fourth-order valence-electron chi connectivity index (χ4n) is 2.41. The van der Waals surface area contributed by atoms with E-state index < -0.39 is 0 Å². The summed E-state index contributed by atoms with van der Waals surface area (Å²) < 4.78 is 7.32. The van der Waals surface area contributed by atoms with Gasteiger partial charge in [-0.3, -0.25) is 4.79 Å². The highest BCUT2D eigenvalue weighted by atomic mass is 16.5. The number of carbonyl (C=O) groups is 2. The number of hydrogen-bond donors (Lipinski definition) is 2. The number of hydrogen-bond acceptors (Lipinski definition) is 4.